The second kappa shape index (κ2) is 8.35. The van der Waals surface area contributed by atoms with Gasteiger partial charge >= 0.3 is 0 Å². The van der Waals surface area contributed by atoms with E-state index in [2.05, 4.69) is 15.4 Å². The summed E-state index contributed by atoms with van der Waals surface area (Å²) >= 11 is 6.03. The second-order valence-corrected chi connectivity index (χ2v) is 8.08. The number of hydrogen-bond donors (Lipinski definition) is 2. The minimum atomic E-state index is -1.05. The maximum Gasteiger partial charge on any atom is 0.269 e. The molecule has 0 aliphatic heterocycles. The van der Waals surface area contributed by atoms with E-state index < -0.39 is 23.4 Å². The number of amides is 2. The van der Waals surface area contributed by atoms with Gasteiger partial charge in [0.25, 0.3) is 11.8 Å². The Morgan fingerprint density at radius 1 is 1.06 bits per heavy atom. The van der Waals surface area contributed by atoms with Gasteiger partial charge in [-0.2, -0.15) is 5.10 Å². The van der Waals surface area contributed by atoms with Crippen LogP contribution in [0.1, 0.15) is 32.0 Å². The fourth-order valence-electron chi connectivity index (χ4n) is 4.07. The molecule has 2 aromatic heterocycles. The third-order valence-electron chi connectivity index (χ3n) is 5.64. The Morgan fingerprint density at radius 2 is 1.88 bits per heavy atom. The summed E-state index contributed by atoms with van der Waals surface area (Å²) in [6.07, 6.45) is 2.57. The fraction of sp³-hybridized carbons (Fsp3) is 0.0833. The van der Waals surface area contributed by atoms with Crippen LogP contribution in [0.4, 0.5) is 14.5 Å². The first-order valence-electron chi connectivity index (χ1n) is 10.3. The van der Waals surface area contributed by atoms with Crippen LogP contribution < -0.4 is 11.1 Å². The average molecular weight is 480 g/mol. The van der Waals surface area contributed by atoms with Crippen molar-refractivity contribution in [1.29, 1.82) is 0 Å². The van der Waals surface area contributed by atoms with Crippen LogP contribution in [0.3, 0.4) is 0 Å². The van der Waals surface area contributed by atoms with Gasteiger partial charge in [0, 0.05) is 29.1 Å². The van der Waals surface area contributed by atoms with Crippen molar-refractivity contribution < 1.29 is 18.4 Å². The highest BCUT2D eigenvalue weighted by Crippen LogP contribution is 2.38. The maximum absolute atomic E-state index is 14.0. The summed E-state index contributed by atoms with van der Waals surface area (Å²) in [6.45, 7) is 0. The van der Waals surface area contributed by atoms with Crippen molar-refractivity contribution in [2.24, 2.45) is 5.73 Å². The van der Waals surface area contributed by atoms with Crippen molar-refractivity contribution in [2.75, 3.05) is 5.32 Å². The number of fused-ring (bicyclic) bond motifs is 3. The lowest BCUT2D eigenvalue weighted by molar-refractivity contribution is 0.0992. The van der Waals surface area contributed by atoms with Crippen molar-refractivity contribution >= 4 is 29.1 Å². The minimum absolute atomic E-state index is 0.0574. The molecule has 0 saturated heterocycles. The quantitative estimate of drug-likeness (QED) is 0.425. The van der Waals surface area contributed by atoms with Crippen LogP contribution >= 0.6 is 11.6 Å². The molecular weight excluding hydrogens is 464 g/mol. The molecule has 4 aromatic rings. The van der Waals surface area contributed by atoms with E-state index >= 15 is 0 Å². The number of benzene rings is 2. The number of pyridine rings is 1. The largest absolute Gasteiger partial charge is 0.364 e. The van der Waals surface area contributed by atoms with Gasteiger partial charge in [-0.15, -0.1) is 0 Å². The van der Waals surface area contributed by atoms with Crippen LogP contribution in [0.25, 0.3) is 16.9 Å². The van der Waals surface area contributed by atoms with Gasteiger partial charge in [0.05, 0.1) is 16.9 Å². The predicted molar refractivity (Wildman–Crippen MR) is 122 cm³/mol. The van der Waals surface area contributed by atoms with Gasteiger partial charge in [0.1, 0.15) is 5.15 Å². The number of primary amides is 1. The number of rotatable bonds is 4. The van der Waals surface area contributed by atoms with Crippen LogP contribution in [0, 0.1) is 11.6 Å². The van der Waals surface area contributed by atoms with E-state index in [0.29, 0.717) is 35.3 Å². The lowest BCUT2D eigenvalue weighted by Crippen LogP contribution is -2.16. The van der Waals surface area contributed by atoms with E-state index in [1.807, 2.05) is 6.07 Å². The summed E-state index contributed by atoms with van der Waals surface area (Å²) in [7, 11) is 0. The second-order valence-electron chi connectivity index (χ2n) is 7.72. The Hall–Kier alpha value is -4.11. The highest BCUT2D eigenvalue weighted by molar-refractivity contribution is 6.33. The number of carbonyl (C=O) groups is 2. The average Bonchev–Trinajstić information content (AvgIpc) is 3.22. The zero-order valence-corrected chi connectivity index (χ0v) is 18.2. The molecule has 7 nitrogen and oxygen atoms in total. The summed E-state index contributed by atoms with van der Waals surface area (Å²) in [6, 6.07) is 11.8. The van der Waals surface area contributed by atoms with Crippen LogP contribution in [0.5, 0.6) is 0 Å². The fourth-order valence-corrected chi connectivity index (χ4v) is 4.28. The first-order chi connectivity index (χ1) is 16.3. The molecule has 0 saturated carbocycles. The molecule has 0 unspecified atom stereocenters. The van der Waals surface area contributed by atoms with Crippen molar-refractivity contribution in [3.05, 3.63) is 93.9 Å². The Bertz CT molecular complexity index is 1480. The van der Waals surface area contributed by atoms with E-state index in [9.17, 15) is 18.4 Å². The number of anilines is 1. The Morgan fingerprint density at radius 3 is 2.62 bits per heavy atom. The Kier molecular flexibility index (Phi) is 5.33. The summed E-state index contributed by atoms with van der Waals surface area (Å²) in [4.78, 5) is 28.7. The SMILES string of the molecule is NC(=O)c1nn(-c2ccc(F)c(F)c2)c2c1CCc1ccc(NC(=O)c3cccnc3Cl)cc1-2. The number of nitrogens with one attached hydrogen (secondary N) is 1. The Balaban J connectivity index is 1.62. The van der Waals surface area contributed by atoms with E-state index in [1.165, 1.54) is 16.9 Å². The molecule has 1 aliphatic rings. The molecular formula is C24H16ClF2N5O2. The summed E-state index contributed by atoms with van der Waals surface area (Å²) in [5, 5.41) is 7.18. The molecule has 0 bridgehead atoms. The molecule has 0 atom stereocenters. The standard InChI is InChI=1S/C24H16ClF2N5O2/c25-22-16(2-1-9-29-22)24(34)30-13-5-3-12-4-7-15-20(23(28)33)31-32(21(15)17(12)10-13)14-6-8-18(26)19(27)11-14/h1-3,5-6,8-11H,4,7H2,(H2,28,33)(H,30,34). The lowest BCUT2D eigenvalue weighted by atomic mass is 9.88. The molecule has 0 spiro atoms. The molecule has 2 heterocycles. The number of aryl methyl sites for hydroxylation is 1. The molecule has 0 radical (unpaired) electrons. The third kappa shape index (κ3) is 3.69. The topological polar surface area (TPSA) is 103 Å². The van der Waals surface area contributed by atoms with Crippen molar-refractivity contribution in [2.45, 2.75) is 12.8 Å². The van der Waals surface area contributed by atoms with Crippen LogP contribution in [-0.4, -0.2) is 26.6 Å². The summed E-state index contributed by atoms with van der Waals surface area (Å²) in [5.74, 6) is -3.22. The highest BCUT2D eigenvalue weighted by Gasteiger charge is 2.28. The smallest absolute Gasteiger partial charge is 0.269 e. The number of nitrogens with zero attached hydrogens (tertiary/aromatic N) is 3. The first kappa shape index (κ1) is 21.7. The molecule has 1 aliphatic carbocycles. The van der Waals surface area contributed by atoms with Crippen molar-refractivity contribution in [1.82, 2.24) is 14.8 Å². The van der Waals surface area contributed by atoms with Gasteiger partial charge in [0.2, 0.25) is 0 Å². The van der Waals surface area contributed by atoms with Crippen LogP contribution in [0.15, 0.2) is 54.7 Å². The molecule has 170 valence electrons. The van der Waals surface area contributed by atoms with E-state index in [4.69, 9.17) is 17.3 Å². The first-order valence-corrected chi connectivity index (χ1v) is 10.6. The lowest BCUT2D eigenvalue weighted by Gasteiger charge is -2.20. The predicted octanol–water partition coefficient (Wildman–Crippen LogP) is 4.32. The van der Waals surface area contributed by atoms with Gasteiger partial charge in [-0.1, -0.05) is 17.7 Å². The van der Waals surface area contributed by atoms with E-state index in [-0.39, 0.29) is 22.1 Å². The Labute approximate surface area is 197 Å². The van der Waals surface area contributed by atoms with Gasteiger partial charge in [-0.05, 0) is 54.8 Å². The van der Waals surface area contributed by atoms with Crippen LogP contribution in [-0.2, 0) is 12.8 Å². The highest BCUT2D eigenvalue weighted by atomic mass is 35.5. The number of halogens is 3. The number of carbonyl (C=O) groups excluding carboxylic acids is 2. The van der Waals surface area contributed by atoms with Crippen molar-refractivity contribution in [3.63, 3.8) is 0 Å². The molecule has 34 heavy (non-hydrogen) atoms. The number of hydrogen-bond acceptors (Lipinski definition) is 4. The minimum Gasteiger partial charge on any atom is -0.364 e. The summed E-state index contributed by atoms with van der Waals surface area (Å²) in [5.41, 5.74) is 9.26. The molecule has 2 aromatic carbocycles. The van der Waals surface area contributed by atoms with E-state index in [0.717, 1.165) is 17.7 Å². The van der Waals surface area contributed by atoms with Gasteiger partial charge in [0.15, 0.2) is 17.3 Å². The monoisotopic (exact) mass is 479 g/mol. The van der Waals surface area contributed by atoms with Gasteiger partial charge in [-0.25, -0.2) is 18.4 Å². The molecule has 2 amide bonds. The van der Waals surface area contributed by atoms with Crippen LogP contribution in [0.2, 0.25) is 5.15 Å². The number of aromatic nitrogens is 3. The van der Waals surface area contributed by atoms with Crippen molar-refractivity contribution in [3.8, 4) is 16.9 Å². The zero-order valence-electron chi connectivity index (χ0n) is 17.5. The van der Waals surface area contributed by atoms with E-state index in [1.54, 1.807) is 24.3 Å². The summed E-state index contributed by atoms with van der Waals surface area (Å²) < 4.78 is 28.9. The number of nitrogens with two attached hydrogens (primary N) is 1. The zero-order chi connectivity index (χ0) is 24.0. The normalized spacial score (nSPS) is 12.1. The molecule has 10 heteroatoms. The molecule has 0 fully saturated rings. The molecule has 5 rings (SSSR count). The maximum atomic E-state index is 14.0. The molecule has 3 N–H and O–H groups in total. The third-order valence-corrected chi connectivity index (χ3v) is 5.94. The van der Waals surface area contributed by atoms with Gasteiger partial charge < -0.3 is 11.1 Å². The van der Waals surface area contributed by atoms with Gasteiger partial charge in [-0.3, -0.25) is 9.59 Å².